The predicted molar refractivity (Wildman–Crippen MR) is 113 cm³/mol. The van der Waals surface area contributed by atoms with E-state index in [1.807, 2.05) is 9.47 Å². The minimum absolute atomic E-state index is 0.111. The number of aromatic carboxylic acids is 1. The lowest BCUT2D eigenvalue weighted by molar-refractivity contribution is -0.151. The third-order valence-corrected chi connectivity index (χ3v) is 6.27. The van der Waals surface area contributed by atoms with Crippen LogP contribution in [0.2, 0.25) is 0 Å². The molecule has 1 saturated heterocycles. The molecule has 8 nitrogen and oxygen atoms in total. The van der Waals surface area contributed by atoms with Crippen molar-refractivity contribution in [2.45, 2.75) is 58.2 Å². The summed E-state index contributed by atoms with van der Waals surface area (Å²) in [7, 11) is 0. The highest BCUT2D eigenvalue weighted by atomic mass is 19.1. The molecule has 1 aromatic carbocycles. The van der Waals surface area contributed by atoms with Gasteiger partial charge in [-0.3, -0.25) is 9.59 Å². The third kappa shape index (κ3) is 3.56. The molecule has 3 N–H and O–H groups in total. The number of nitrogens with zero attached hydrogens (tertiary/aromatic N) is 2. The van der Waals surface area contributed by atoms with Crippen LogP contribution in [0.1, 0.15) is 47.8 Å². The fourth-order valence-electron chi connectivity index (χ4n) is 4.76. The molecule has 9 heteroatoms. The van der Waals surface area contributed by atoms with Crippen molar-refractivity contribution >= 4 is 28.5 Å². The van der Waals surface area contributed by atoms with Crippen LogP contribution in [-0.4, -0.2) is 46.8 Å². The van der Waals surface area contributed by atoms with Crippen LogP contribution in [0.5, 0.6) is 0 Å². The third-order valence-electron chi connectivity index (χ3n) is 6.27. The number of carboxylic acids is 1. The molecule has 31 heavy (non-hydrogen) atoms. The van der Waals surface area contributed by atoms with Crippen LogP contribution in [0.15, 0.2) is 10.9 Å². The van der Waals surface area contributed by atoms with Crippen molar-refractivity contribution in [3.63, 3.8) is 0 Å². The number of piperidine rings is 1. The highest BCUT2D eigenvalue weighted by Crippen LogP contribution is 2.37. The topological polar surface area (TPSA) is 115 Å². The molecule has 2 aromatic rings. The summed E-state index contributed by atoms with van der Waals surface area (Å²) < 4.78 is 22.5. The Morgan fingerprint density at radius 3 is 2.58 bits per heavy atom. The first-order valence-electron chi connectivity index (χ1n) is 10.5. The molecule has 1 fully saturated rings. The average Bonchev–Trinajstić information content (AvgIpc) is 2.72. The average molecular weight is 431 g/mol. The molecule has 0 unspecified atom stereocenters. The monoisotopic (exact) mass is 431 g/mol. The minimum atomic E-state index is -1.30. The molecule has 0 bridgehead atoms. The number of esters is 1. The van der Waals surface area contributed by atoms with Gasteiger partial charge in [0.1, 0.15) is 23.5 Å². The summed E-state index contributed by atoms with van der Waals surface area (Å²) in [6.45, 7) is 4.78. The summed E-state index contributed by atoms with van der Waals surface area (Å²) in [5.74, 6) is -2.27. The van der Waals surface area contributed by atoms with Gasteiger partial charge < -0.3 is 25.0 Å². The van der Waals surface area contributed by atoms with Crippen molar-refractivity contribution < 1.29 is 23.8 Å². The second-order valence-electron chi connectivity index (χ2n) is 8.34. The normalized spacial score (nSPS) is 17.6. The number of ether oxygens (including phenoxy) is 1. The number of pyridine rings is 1. The maximum atomic E-state index is 15.3. The molecule has 0 radical (unpaired) electrons. The van der Waals surface area contributed by atoms with Gasteiger partial charge in [-0.15, -0.1) is 0 Å². The van der Waals surface area contributed by atoms with Gasteiger partial charge in [0.2, 0.25) is 5.43 Å². The molecule has 0 saturated carbocycles. The molecule has 3 heterocycles. The van der Waals surface area contributed by atoms with Gasteiger partial charge in [-0.05, 0) is 32.8 Å². The van der Waals surface area contributed by atoms with Crippen molar-refractivity contribution in [3.05, 3.63) is 38.9 Å². The summed E-state index contributed by atoms with van der Waals surface area (Å²) in [5.41, 5.74) is 6.83. The van der Waals surface area contributed by atoms with E-state index in [0.717, 1.165) is 12.0 Å². The molecule has 2 aliphatic rings. The molecule has 2 aliphatic heterocycles. The lowest BCUT2D eigenvalue weighted by Gasteiger charge is -2.36. The number of carbonyl (C=O) groups excluding carboxylic acids is 1. The molecule has 0 aliphatic carbocycles. The van der Waals surface area contributed by atoms with Crippen molar-refractivity contribution in [2.75, 3.05) is 18.0 Å². The fraction of sp³-hybridized carbons (Fsp3) is 0.500. The first-order chi connectivity index (χ1) is 14.7. The Labute approximate surface area is 178 Å². The van der Waals surface area contributed by atoms with Gasteiger partial charge in [-0.25, -0.2) is 9.18 Å². The molecule has 1 atom stereocenters. The van der Waals surface area contributed by atoms with Crippen LogP contribution in [0.4, 0.5) is 10.1 Å². The van der Waals surface area contributed by atoms with E-state index in [9.17, 15) is 19.5 Å². The number of carboxylic acid groups (broad SMARTS) is 1. The Kier molecular flexibility index (Phi) is 5.47. The van der Waals surface area contributed by atoms with Gasteiger partial charge in [0.15, 0.2) is 0 Å². The first kappa shape index (κ1) is 21.3. The van der Waals surface area contributed by atoms with Gasteiger partial charge in [-0.2, -0.15) is 0 Å². The van der Waals surface area contributed by atoms with Crippen molar-refractivity contribution in [3.8, 4) is 0 Å². The Morgan fingerprint density at radius 2 is 1.97 bits per heavy atom. The van der Waals surface area contributed by atoms with Crippen molar-refractivity contribution in [2.24, 2.45) is 5.73 Å². The molecule has 0 amide bonds. The number of anilines is 1. The second kappa shape index (κ2) is 7.96. The SMILES string of the molecule is Cc1c(C(=O)O)c(=O)c2cc(F)c(N3CCC(OC(=O)[C@H](C)N)CC3)c3c2n1CCC3. The Bertz CT molecular complexity index is 1130. The number of halogens is 1. The lowest BCUT2D eigenvalue weighted by Crippen LogP contribution is -2.41. The van der Waals surface area contributed by atoms with E-state index in [4.69, 9.17) is 10.5 Å². The maximum Gasteiger partial charge on any atom is 0.341 e. The summed E-state index contributed by atoms with van der Waals surface area (Å²) in [5, 5.41) is 9.61. The van der Waals surface area contributed by atoms with Crippen LogP contribution in [-0.2, 0) is 22.5 Å². The summed E-state index contributed by atoms with van der Waals surface area (Å²) in [6, 6.07) is 0.489. The van der Waals surface area contributed by atoms with E-state index in [0.29, 0.717) is 55.8 Å². The molecular formula is C22H26FN3O5. The number of aromatic nitrogens is 1. The predicted octanol–water partition coefficient (Wildman–Crippen LogP) is 1.95. The quantitative estimate of drug-likeness (QED) is 0.711. The smallest absolute Gasteiger partial charge is 0.341 e. The summed E-state index contributed by atoms with van der Waals surface area (Å²) in [6.07, 6.45) is 2.18. The van der Waals surface area contributed by atoms with E-state index in [1.165, 1.54) is 6.07 Å². The van der Waals surface area contributed by atoms with Crippen LogP contribution in [0.25, 0.3) is 10.9 Å². The van der Waals surface area contributed by atoms with Gasteiger partial charge in [0.05, 0.1) is 11.2 Å². The zero-order chi connectivity index (χ0) is 22.4. The number of rotatable bonds is 4. The number of hydrogen-bond donors (Lipinski definition) is 2. The zero-order valence-corrected chi connectivity index (χ0v) is 17.6. The van der Waals surface area contributed by atoms with Crippen LogP contribution < -0.4 is 16.1 Å². The molecule has 1 aromatic heterocycles. The van der Waals surface area contributed by atoms with Crippen molar-refractivity contribution in [1.29, 1.82) is 0 Å². The molecule has 166 valence electrons. The minimum Gasteiger partial charge on any atom is -0.477 e. The fourth-order valence-corrected chi connectivity index (χ4v) is 4.76. The van der Waals surface area contributed by atoms with Crippen LogP contribution in [0, 0.1) is 12.7 Å². The highest BCUT2D eigenvalue weighted by molar-refractivity contribution is 5.96. The molecule has 0 spiro atoms. The van der Waals surface area contributed by atoms with Gasteiger partial charge in [0.25, 0.3) is 0 Å². The largest absolute Gasteiger partial charge is 0.477 e. The number of benzene rings is 1. The zero-order valence-electron chi connectivity index (χ0n) is 17.6. The Balaban J connectivity index is 1.75. The second-order valence-corrected chi connectivity index (χ2v) is 8.34. The van der Waals surface area contributed by atoms with E-state index in [1.54, 1.807) is 13.8 Å². The Hall–Kier alpha value is -2.94. The number of aryl methyl sites for hydroxylation is 2. The van der Waals surface area contributed by atoms with Crippen molar-refractivity contribution in [1.82, 2.24) is 4.57 Å². The van der Waals surface area contributed by atoms with Crippen LogP contribution in [0.3, 0.4) is 0 Å². The van der Waals surface area contributed by atoms with E-state index in [2.05, 4.69) is 0 Å². The molecule has 4 rings (SSSR count). The number of carbonyl (C=O) groups is 2. The number of hydrogen-bond acceptors (Lipinski definition) is 6. The van der Waals surface area contributed by atoms with E-state index in [-0.39, 0.29) is 17.1 Å². The standard InChI is InChI=1S/C22H26FN3O5/c1-11(24)22(30)31-13-5-8-25(9-6-13)19-14-4-3-7-26-12(2)17(21(28)29)20(27)15(18(14)26)10-16(19)23/h10-11,13H,3-9,24H2,1-2H3,(H,28,29)/t11-/m0/s1. The van der Waals surface area contributed by atoms with Gasteiger partial charge >= 0.3 is 11.9 Å². The highest BCUT2D eigenvalue weighted by Gasteiger charge is 2.31. The van der Waals surface area contributed by atoms with E-state index < -0.39 is 29.2 Å². The number of nitrogens with two attached hydrogens (primary N) is 1. The van der Waals surface area contributed by atoms with Crippen LogP contribution >= 0.6 is 0 Å². The Morgan fingerprint density at radius 1 is 1.29 bits per heavy atom. The van der Waals surface area contributed by atoms with E-state index >= 15 is 4.39 Å². The lowest BCUT2D eigenvalue weighted by atomic mass is 9.94. The molecular weight excluding hydrogens is 405 g/mol. The summed E-state index contributed by atoms with van der Waals surface area (Å²) in [4.78, 5) is 38.2. The first-order valence-corrected chi connectivity index (χ1v) is 10.5. The van der Waals surface area contributed by atoms with Gasteiger partial charge in [-0.1, -0.05) is 0 Å². The maximum absolute atomic E-state index is 15.3. The summed E-state index contributed by atoms with van der Waals surface area (Å²) >= 11 is 0. The van der Waals surface area contributed by atoms with Gasteiger partial charge in [0, 0.05) is 49.1 Å².